The van der Waals surface area contributed by atoms with Gasteiger partial charge in [-0.15, -0.1) is 6.58 Å². The van der Waals surface area contributed by atoms with Crippen LogP contribution in [0.1, 0.15) is 64.7 Å². The number of rotatable bonds is 15. The van der Waals surface area contributed by atoms with E-state index in [1.165, 1.54) is 13.0 Å². The lowest BCUT2D eigenvalue weighted by Crippen LogP contribution is -2.39. The number of nitrogens with one attached hydrogen (secondary N) is 1. The van der Waals surface area contributed by atoms with Crippen LogP contribution < -0.4 is 5.32 Å². The van der Waals surface area contributed by atoms with Crippen molar-refractivity contribution in [2.75, 3.05) is 12.3 Å². The van der Waals surface area contributed by atoms with Gasteiger partial charge in [-0.3, -0.25) is 9.59 Å². The fourth-order valence-electron chi connectivity index (χ4n) is 2.29. The average molecular weight is 362 g/mol. The minimum Gasteiger partial charge on any atom is -0.481 e. The largest absolute Gasteiger partial charge is 0.481 e. The lowest BCUT2D eigenvalue weighted by Gasteiger charge is -2.12. The van der Waals surface area contributed by atoms with E-state index in [9.17, 15) is 18.0 Å². The summed E-state index contributed by atoms with van der Waals surface area (Å²) >= 11 is 0. The van der Waals surface area contributed by atoms with Crippen LogP contribution in [-0.4, -0.2) is 42.9 Å². The molecule has 1 unspecified atom stereocenters. The molecule has 2 N–H and O–H groups in total. The number of amides is 1. The normalized spacial score (nSPS) is 12.5. The van der Waals surface area contributed by atoms with Crippen LogP contribution in [0.4, 0.5) is 0 Å². The van der Waals surface area contributed by atoms with Crippen molar-refractivity contribution >= 4 is 21.7 Å². The Morgan fingerprint density at radius 3 is 2.04 bits per heavy atom. The third-order valence-electron chi connectivity index (χ3n) is 3.87. The second-order valence-electron chi connectivity index (χ2n) is 6.02. The van der Waals surface area contributed by atoms with Crippen molar-refractivity contribution in [1.82, 2.24) is 5.32 Å². The second-order valence-corrected chi connectivity index (χ2v) is 8.39. The Bertz CT molecular complexity index is 487. The number of carbonyl (C=O) groups excluding carboxylic acids is 1. The number of unbranched alkanes of at least 4 members (excludes halogenated alkanes) is 7. The zero-order chi connectivity index (χ0) is 18.4. The van der Waals surface area contributed by atoms with Gasteiger partial charge in [0.2, 0.25) is 5.91 Å². The van der Waals surface area contributed by atoms with E-state index in [-0.39, 0.29) is 12.2 Å². The first-order valence-electron chi connectivity index (χ1n) is 8.63. The molecule has 0 rings (SSSR count). The van der Waals surface area contributed by atoms with Gasteiger partial charge in [-0.25, -0.2) is 8.42 Å². The zero-order valence-corrected chi connectivity index (χ0v) is 15.4. The molecule has 0 aromatic rings. The van der Waals surface area contributed by atoms with Crippen molar-refractivity contribution in [3.8, 4) is 0 Å². The Morgan fingerprint density at radius 1 is 1.04 bits per heavy atom. The lowest BCUT2D eigenvalue weighted by molar-refractivity contribution is -0.137. The van der Waals surface area contributed by atoms with Crippen LogP contribution in [0, 0.1) is 0 Å². The van der Waals surface area contributed by atoms with Gasteiger partial charge in [-0.2, -0.15) is 0 Å². The molecule has 24 heavy (non-hydrogen) atoms. The average Bonchev–Trinajstić information content (AvgIpc) is 2.51. The second kappa shape index (κ2) is 13.0. The third kappa shape index (κ3) is 11.2. The summed E-state index contributed by atoms with van der Waals surface area (Å²) in [6.07, 6.45) is 9.40. The third-order valence-corrected chi connectivity index (χ3v) is 5.87. The van der Waals surface area contributed by atoms with Crippen molar-refractivity contribution < 1.29 is 23.1 Å². The van der Waals surface area contributed by atoms with Gasteiger partial charge in [0.1, 0.15) is 5.25 Å². The Balaban J connectivity index is 3.58. The molecule has 0 radical (unpaired) electrons. The standard InChI is InChI=1S/C17H31NO5S/c1-3-14-24(22,23)15(2)17(21)18-13-11-9-7-5-4-6-8-10-12-16(19)20/h3,15H,1,4-14H2,2H3,(H,18,21)(H,19,20). The summed E-state index contributed by atoms with van der Waals surface area (Å²) in [6, 6.07) is 0. The molecule has 0 spiro atoms. The SMILES string of the molecule is C=CCS(=O)(=O)C(C)C(=O)NCCCCCCCCCCC(=O)O. The molecule has 0 aliphatic carbocycles. The number of aliphatic carboxylic acids is 1. The fraction of sp³-hybridized carbons (Fsp3) is 0.765. The molecule has 0 aliphatic heterocycles. The summed E-state index contributed by atoms with van der Waals surface area (Å²) < 4.78 is 23.5. The molecule has 0 bridgehead atoms. The van der Waals surface area contributed by atoms with Gasteiger partial charge in [0, 0.05) is 13.0 Å². The smallest absolute Gasteiger partial charge is 0.303 e. The molecule has 0 saturated heterocycles. The molecular weight excluding hydrogens is 330 g/mol. The van der Waals surface area contributed by atoms with Crippen LogP contribution in [0.25, 0.3) is 0 Å². The summed E-state index contributed by atoms with van der Waals surface area (Å²) in [4.78, 5) is 22.1. The highest BCUT2D eigenvalue weighted by atomic mass is 32.2. The van der Waals surface area contributed by atoms with Crippen molar-refractivity contribution in [3.63, 3.8) is 0 Å². The number of hydrogen-bond donors (Lipinski definition) is 2. The molecule has 0 aromatic heterocycles. The summed E-state index contributed by atoms with van der Waals surface area (Å²) in [7, 11) is -3.44. The van der Waals surface area contributed by atoms with Crippen LogP contribution in [0.5, 0.6) is 0 Å². The summed E-state index contributed by atoms with van der Waals surface area (Å²) in [6.45, 7) is 5.28. The molecule has 1 amide bonds. The molecule has 0 aliphatic rings. The van der Waals surface area contributed by atoms with Gasteiger partial charge >= 0.3 is 5.97 Å². The van der Waals surface area contributed by atoms with E-state index in [1.54, 1.807) is 0 Å². The van der Waals surface area contributed by atoms with Gasteiger partial charge in [-0.05, 0) is 19.8 Å². The van der Waals surface area contributed by atoms with E-state index in [2.05, 4.69) is 11.9 Å². The summed E-state index contributed by atoms with van der Waals surface area (Å²) in [5.74, 6) is -1.37. The monoisotopic (exact) mass is 361 g/mol. The molecule has 0 heterocycles. The molecule has 7 heteroatoms. The topological polar surface area (TPSA) is 101 Å². The first-order valence-corrected chi connectivity index (χ1v) is 10.3. The van der Waals surface area contributed by atoms with E-state index in [4.69, 9.17) is 5.11 Å². The van der Waals surface area contributed by atoms with Crippen molar-refractivity contribution in [2.45, 2.75) is 70.0 Å². The number of carboxylic acids is 1. The molecule has 0 fully saturated rings. The fourth-order valence-corrected chi connectivity index (χ4v) is 3.32. The Kier molecular flexibility index (Phi) is 12.2. The molecule has 1 atom stereocenters. The van der Waals surface area contributed by atoms with Gasteiger partial charge in [0.25, 0.3) is 0 Å². The Hall–Kier alpha value is -1.37. The highest BCUT2D eigenvalue weighted by molar-refractivity contribution is 7.92. The number of carboxylic acid groups (broad SMARTS) is 1. The van der Waals surface area contributed by atoms with Gasteiger partial charge < -0.3 is 10.4 Å². The first-order chi connectivity index (χ1) is 11.3. The predicted molar refractivity (Wildman–Crippen MR) is 95.6 cm³/mol. The van der Waals surface area contributed by atoms with E-state index in [1.807, 2.05) is 0 Å². The highest BCUT2D eigenvalue weighted by Crippen LogP contribution is 2.09. The van der Waals surface area contributed by atoms with Crippen molar-refractivity contribution in [3.05, 3.63) is 12.7 Å². The van der Waals surface area contributed by atoms with Gasteiger partial charge in [-0.1, -0.05) is 44.6 Å². The maximum Gasteiger partial charge on any atom is 0.303 e. The van der Waals surface area contributed by atoms with Gasteiger partial charge in [0.15, 0.2) is 9.84 Å². The maximum atomic E-state index is 11.8. The van der Waals surface area contributed by atoms with E-state index < -0.39 is 27.0 Å². The van der Waals surface area contributed by atoms with Crippen LogP contribution >= 0.6 is 0 Å². The molecular formula is C17H31NO5S. The molecule has 0 saturated carbocycles. The Morgan fingerprint density at radius 2 is 1.54 bits per heavy atom. The van der Waals surface area contributed by atoms with Crippen LogP contribution in [-0.2, 0) is 19.4 Å². The zero-order valence-electron chi connectivity index (χ0n) is 14.6. The molecule has 6 nitrogen and oxygen atoms in total. The van der Waals surface area contributed by atoms with E-state index in [0.717, 1.165) is 51.4 Å². The molecule has 140 valence electrons. The van der Waals surface area contributed by atoms with Crippen LogP contribution in [0.3, 0.4) is 0 Å². The van der Waals surface area contributed by atoms with Crippen molar-refractivity contribution in [1.29, 1.82) is 0 Å². The van der Waals surface area contributed by atoms with Crippen LogP contribution in [0.15, 0.2) is 12.7 Å². The van der Waals surface area contributed by atoms with Gasteiger partial charge in [0.05, 0.1) is 5.75 Å². The van der Waals surface area contributed by atoms with Crippen molar-refractivity contribution in [2.24, 2.45) is 0 Å². The first kappa shape index (κ1) is 22.6. The number of carbonyl (C=O) groups is 2. The predicted octanol–water partition coefficient (Wildman–Crippen LogP) is 2.69. The van der Waals surface area contributed by atoms with E-state index in [0.29, 0.717) is 6.54 Å². The minimum atomic E-state index is -3.44. The van der Waals surface area contributed by atoms with Crippen LogP contribution in [0.2, 0.25) is 0 Å². The van der Waals surface area contributed by atoms with E-state index >= 15 is 0 Å². The number of sulfone groups is 1. The highest BCUT2D eigenvalue weighted by Gasteiger charge is 2.26. The lowest BCUT2D eigenvalue weighted by atomic mass is 10.1. The summed E-state index contributed by atoms with van der Waals surface area (Å²) in [5.41, 5.74) is 0. The number of hydrogen-bond acceptors (Lipinski definition) is 4. The minimum absolute atomic E-state index is 0.186. The maximum absolute atomic E-state index is 11.8. The molecule has 0 aromatic carbocycles. The summed E-state index contributed by atoms with van der Waals surface area (Å²) in [5, 5.41) is 10.1. The Labute approximate surface area is 145 Å². The quantitative estimate of drug-likeness (QED) is 0.345.